The summed E-state index contributed by atoms with van der Waals surface area (Å²) in [5.41, 5.74) is 7.16. The highest BCUT2D eigenvalue weighted by atomic mass is 35.5. The second-order valence-electron chi connectivity index (χ2n) is 6.99. The lowest BCUT2D eigenvalue weighted by molar-refractivity contribution is -0.126. The molecule has 8 heteroatoms. The summed E-state index contributed by atoms with van der Waals surface area (Å²) in [6.45, 7) is 5.24. The highest BCUT2D eigenvalue weighted by molar-refractivity contribution is 6.30. The minimum atomic E-state index is -1.09. The molecule has 1 saturated heterocycles. The molecule has 2 aromatic carbocycles. The Morgan fingerprint density at radius 2 is 1.72 bits per heavy atom. The van der Waals surface area contributed by atoms with Crippen molar-refractivity contribution in [3.63, 3.8) is 0 Å². The molecule has 0 bridgehead atoms. The maximum absolute atomic E-state index is 12.8. The van der Waals surface area contributed by atoms with Crippen molar-refractivity contribution in [2.24, 2.45) is 5.73 Å². The van der Waals surface area contributed by atoms with Gasteiger partial charge in [-0.1, -0.05) is 54.1 Å². The van der Waals surface area contributed by atoms with Gasteiger partial charge in [-0.25, -0.2) is 0 Å². The molecule has 2 atom stereocenters. The van der Waals surface area contributed by atoms with Crippen LogP contribution < -0.4 is 11.1 Å². The van der Waals surface area contributed by atoms with Gasteiger partial charge in [0.15, 0.2) is 0 Å². The number of benzene rings is 2. The Labute approximate surface area is 189 Å². The van der Waals surface area contributed by atoms with Gasteiger partial charge in [0.2, 0.25) is 5.91 Å². The molecule has 5 nitrogen and oxygen atoms in total. The summed E-state index contributed by atoms with van der Waals surface area (Å²) in [7, 11) is 0. The van der Waals surface area contributed by atoms with Gasteiger partial charge in [0.1, 0.15) is 5.54 Å². The monoisotopic (exact) mass is 459 g/mol. The van der Waals surface area contributed by atoms with Crippen LogP contribution >= 0.6 is 36.4 Å². The van der Waals surface area contributed by atoms with E-state index in [0.717, 1.165) is 24.2 Å². The first-order valence-electron chi connectivity index (χ1n) is 9.18. The van der Waals surface area contributed by atoms with Crippen molar-refractivity contribution in [3.05, 3.63) is 70.7 Å². The summed E-state index contributed by atoms with van der Waals surface area (Å²) in [6.07, 6.45) is 0. The fourth-order valence-electron chi connectivity index (χ4n) is 3.32. The number of hydrogen-bond donors (Lipinski definition) is 2. The van der Waals surface area contributed by atoms with E-state index in [9.17, 15) is 4.79 Å². The van der Waals surface area contributed by atoms with Gasteiger partial charge < -0.3 is 15.8 Å². The van der Waals surface area contributed by atoms with E-state index in [1.165, 1.54) is 0 Å². The molecule has 3 rings (SSSR count). The van der Waals surface area contributed by atoms with E-state index < -0.39 is 5.54 Å². The van der Waals surface area contributed by atoms with Gasteiger partial charge >= 0.3 is 0 Å². The Kier molecular flexibility index (Phi) is 10.4. The smallest absolute Gasteiger partial charge is 0.244 e. The van der Waals surface area contributed by atoms with Gasteiger partial charge in [-0.2, -0.15) is 0 Å². The van der Waals surface area contributed by atoms with E-state index in [1.807, 2.05) is 54.6 Å². The topological polar surface area (TPSA) is 67.6 Å². The Balaban J connectivity index is 0.00000210. The Hall–Kier alpha value is -1.34. The third-order valence-corrected chi connectivity index (χ3v) is 5.29. The van der Waals surface area contributed by atoms with Crippen LogP contribution in [0.25, 0.3) is 0 Å². The number of nitrogens with two attached hydrogens (primary N) is 1. The van der Waals surface area contributed by atoms with Crippen LogP contribution in [0.1, 0.15) is 24.1 Å². The predicted octanol–water partition coefficient (Wildman–Crippen LogP) is 3.55. The minimum absolute atomic E-state index is 0. The number of rotatable bonds is 6. The average molecular weight is 461 g/mol. The molecule has 160 valence electrons. The molecule has 2 aromatic rings. The number of hydrogen-bond acceptors (Lipinski definition) is 4. The number of carbonyl (C=O) groups is 1. The maximum Gasteiger partial charge on any atom is 0.244 e. The molecule has 1 amide bonds. The van der Waals surface area contributed by atoms with Crippen molar-refractivity contribution in [1.29, 1.82) is 0 Å². The number of nitrogens with zero attached hydrogens (tertiary/aromatic N) is 1. The molecule has 3 N–H and O–H groups in total. The summed E-state index contributed by atoms with van der Waals surface area (Å²) < 4.78 is 5.47. The molecule has 0 spiro atoms. The molecule has 29 heavy (non-hydrogen) atoms. The number of nitrogens with one attached hydrogen (secondary N) is 1. The van der Waals surface area contributed by atoms with Crippen molar-refractivity contribution in [3.8, 4) is 0 Å². The Morgan fingerprint density at radius 3 is 2.31 bits per heavy atom. The minimum Gasteiger partial charge on any atom is -0.379 e. The van der Waals surface area contributed by atoms with Gasteiger partial charge in [0.05, 0.1) is 19.3 Å². The lowest BCUT2D eigenvalue weighted by Crippen LogP contribution is -2.51. The van der Waals surface area contributed by atoms with Gasteiger partial charge in [-0.3, -0.25) is 9.69 Å². The highest BCUT2D eigenvalue weighted by Gasteiger charge is 2.31. The zero-order chi connectivity index (χ0) is 19.3. The van der Waals surface area contributed by atoms with Crippen LogP contribution in [-0.2, 0) is 15.1 Å². The number of morpholine rings is 1. The summed E-state index contributed by atoms with van der Waals surface area (Å²) in [5.74, 6) is -0.194. The molecular weight excluding hydrogens is 433 g/mol. The van der Waals surface area contributed by atoms with Gasteiger partial charge in [0.25, 0.3) is 0 Å². The number of amides is 1. The van der Waals surface area contributed by atoms with Crippen LogP contribution in [0.15, 0.2) is 54.6 Å². The Bertz CT molecular complexity index is 752. The molecule has 0 aromatic heterocycles. The lowest BCUT2D eigenvalue weighted by atomic mass is 9.92. The molecule has 0 saturated carbocycles. The van der Waals surface area contributed by atoms with Crippen molar-refractivity contribution in [2.75, 3.05) is 32.8 Å². The first-order valence-corrected chi connectivity index (χ1v) is 9.56. The second-order valence-corrected chi connectivity index (χ2v) is 7.43. The molecule has 1 fully saturated rings. The zero-order valence-corrected chi connectivity index (χ0v) is 18.7. The summed E-state index contributed by atoms with van der Waals surface area (Å²) in [6, 6.07) is 17.2. The van der Waals surface area contributed by atoms with Crippen LogP contribution in [0.3, 0.4) is 0 Å². The molecule has 2 unspecified atom stereocenters. The molecule has 0 radical (unpaired) electrons. The summed E-state index contributed by atoms with van der Waals surface area (Å²) >= 11 is 6.04. The average Bonchev–Trinajstić information content (AvgIpc) is 2.70. The van der Waals surface area contributed by atoms with E-state index in [4.69, 9.17) is 22.1 Å². The first-order chi connectivity index (χ1) is 13.0. The predicted molar refractivity (Wildman–Crippen MR) is 122 cm³/mol. The van der Waals surface area contributed by atoms with E-state index in [1.54, 1.807) is 6.92 Å². The third kappa shape index (κ3) is 6.57. The molecule has 1 heterocycles. The molecular formula is C21H28Cl3N3O2. The SMILES string of the molecule is CC(N)(C(=O)NCC(c1ccc(Cl)cc1)N1CCOCC1)c1ccccc1.Cl.Cl. The standard InChI is InChI=1S/C21H26ClN3O2.2ClH/c1-21(23,17-5-3-2-4-6-17)20(26)24-15-19(25-11-13-27-14-12-25)16-7-9-18(22)10-8-16;;/h2-10,19H,11-15,23H2,1H3,(H,24,26);2*1H. The number of carbonyl (C=O) groups excluding carboxylic acids is 1. The van der Waals surface area contributed by atoms with Gasteiger partial charge in [0, 0.05) is 24.7 Å². The fraction of sp³-hybridized carbons (Fsp3) is 0.381. The number of halogens is 3. The van der Waals surface area contributed by atoms with Crippen LogP contribution in [-0.4, -0.2) is 43.7 Å². The molecule has 1 aliphatic heterocycles. The summed E-state index contributed by atoms with van der Waals surface area (Å²) in [5, 5.41) is 3.75. The van der Waals surface area contributed by atoms with E-state index in [2.05, 4.69) is 10.2 Å². The van der Waals surface area contributed by atoms with Crippen LogP contribution in [0, 0.1) is 0 Å². The first kappa shape index (κ1) is 25.7. The quantitative estimate of drug-likeness (QED) is 0.692. The van der Waals surface area contributed by atoms with Crippen molar-refractivity contribution >= 4 is 42.3 Å². The van der Waals surface area contributed by atoms with Crippen LogP contribution in [0.2, 0.25) is 5.02 Å². The van der Waals surface area contributed by atoms with Gasteiger partial charge in [-0.15, -0.1) is 24.8 Å². The third-order valence-electron chi connectivity index (χ3n) is 5.04. The largest absolute Gasteiger partial charge is 0.379 e. The molecule has 0 aliphatic carbocycles. The van der Waals surface area contributed by atoms with Crippen molar-refractivity contribution in [1.82, 2.24) is 10.2 Å². The Morgan fingerprint density at radius 1 is 1.14 bits per heavy atom. The summed E-state index contributed by atoms with van der Waals surface area (Å²) in [4.78, 5) is 15.2. The highest BCUT2D eigenvalue weighted by Crippen LogP contribution is 2.24. The van der Waals surface area contributed by atoms with E-state index in [0.29, 0.717) is 24.8 Å². The zero-order valence-electron chi connectivity index (χ0n) is 16.3. The van der Waals surface area contributed by atoms with Crippen molar-refractivity contribution < 1.29 is 9.53 Å². The van der Waals surface area contributed by atoms with E-state index in [-0.39, 0.29) is 36.8 Å². The number of ether oxygens (including phenoxy) is 1. The van der Waals surface area contributed by atoms with Crippen LogP contribution in [0.5, 0.6) is 0 Å². The van der Waals surface area contributed by atoms with Gasteiger partial charge in [-0.05, 0) is 30.2 Å². The van der Waals surface area contributed by atoms with Crippen molar-refractivity contribution in [2.45, 2.75) is 18.5 Å². The van der Waals surface area contributed by atoms with Crippen LogP contribution in [0.4, 0.5) is 0 Å². The fourth-order valence-corrected chi connectivity index (χ4v) is 3.45. The second kappa shape index (κ2) is 11.7. The van der Waals surface area contributed by atoms with E-state index >= 15 is 0 Å². The lowest BCUT2D eigenvalue weighted by Gasteiger charge is -2.35. The maximum atomic E-state index is 12.8. The molecule has 1 aliphatic rings. The normalized spacial score (nSPS) is 17.2.